The van der Waals surface area contributed by atoms with Gasteiger partial charge in [-0.2, -0.15) is 0 Å². The lowest BCUT2D eigenvalue weighted by Crippen LogP contribution is -2.49. The lowest BCUT2D eigenvalue weighted by atomic mass is 9.93. The van der Waals surface area contributed by atoms with Gasteiger partial charge in [-0.05, 0) is 56.4 Å². The molecule has 1 aromatic rings. The first-order valence-corrected chi connectivity index (χ1v) is 9.98. The maximum Gasteiger partial charge on any atom is 0.235 e. The van der Waals surface area contributed by atoms with Crippen molar-refractivity contribution < 1.29 is 4.79 Å². The summed E-state index contributed by atoms with van der Waals surface area (Å²) in [4.78, 5) is 16.8. The molecule has 0 spiro atoms. The minimum atomic E-state index is -0.191. The fraction of sp³-hybridized carbons (Fsp3) is 0.667. The Hall–Kier alpha value is -1.39. The molecule has 1 aliphatic rings. The van der Waals surface area contributed by atoms with E-state index in [4.69, 9.17) is 5.73 Å². The van der Waals surface area contributed by atoms with Gasteiger partial charge in [-0.3, -0.25) is 9.69 Å². The second-order valence-corrected chi connectivity index (χ2v) is 7.26. The van der Waals surface area contributed by atoms with E-state index in [1.54, 1.807) is 0 Å². The summed E-state index contributed by atoms with van der Waals surface area (Å²) < 4.78 is 0. The minimum absolute atomic E-state index is 0.158. The number of rotatable bonds is 11. The minimum Gasteiger partial charge on any atom is -0.368 e. The predicted octanol–water partition coefficient (Wildman–Crippen LogP) is 3.19. The summed E-state index contributed by atoms with van der Waals surface area (Å²) >= 11 is 0. The maximum absolute atomic E-state index is 11.9. The lowest BCUT2D eigenvalue weighted by Gasteiger charge is -2.35. The molecule has 0 unspecified atom stereocenters. The van der Waals surface area contributed by atoms with Gasteiger partial charge in [0.1, 0.15) is 0 Å². The number of benzene rings is 1. The van der Waals surface area contributed by atoms with E-state index < -0.39 is 0 Å². The van der Waals surface area contributed by atoms with Crippen LogP contribution in [-0.4, -0.2) is 47.9 Å². The fourth-order valence-electron chi connectivity index (χ4n) is 3.69. The summed E-state index contributed by atoms with van der Waals surface area (Å²) in [7, 11) is 0. The quantitative estimate of drug-likeness (QED) is 0.670. The van der Waals surface area contributed by atoms with E-state index in [0.717, 1.165) is 32.5 Å². The van der Waals surface area contributed by atoms with Gasteiger partial charge < -0.3 is 10.6 Å². The first kappa shape index (κ1) is 19.9. The molecule has 0 fully saturated rings. The van der Waals surface area contributed by atoms with Crippen LogP contribution in [0.25, 0.3) is 0 Å². The molecule has 0 bridgehead atoms. The van der Waals surface area contributed by atoms with E-state index in [1.807, 2.05) is 6.07 Å². The molecule has 0 aromatic heterocycles. The van der Waals surface area contributed by atoms with Crippen LogP contribution in [0.4, 0.5) is 0 Å². The molecule has 1 aliphatic heterocycles. The molecule has 25 heavy (non-hydrogen) atoms. The summed E-state index contributed by atoms with van der Waals surface area (Å²) in [6.45, 7) is 9.78. The largest absolute Gasteiger partial charge is 0.368 e. The summed E-state index contributed by atoms with van der Waals surface area (Å²) in [5, 5.41) is 0. The van der Waals surface area contributed by atoms with Crippen LogP contribution in [-0.2, 0) is 17.8 Å². The molecule has 0 saturated heterocycles. The molecule has 1 atom stereocenters. The second kappa shape index (κ2) is 10.6. The van der Waals surface area contributed by atoms with Gasteiger partial charge in [0.05, 0.1) is 6.04 Å². The smallest absolute Gasteiger partial charge is 0.235 e. The topological polar surface area (TPSA) is 49.6 Å². The third-order valence-electron chi connectivity index (χ3n) is 5.25. The Bertz CT molecular complexity index is 524. The van der Waals surface area contributed by atoms with Crippen LogP contribution < -0.4 is 5.73 Å². The Morgan fingerprint density at radius 2 is 1.68 bits per heavy atom. The molecule has 0 saturated carbocycles. The first-order chi connectivity index (χ1) is 12.2. The van der Waals surface area contributed by atoms with Crippen molar-refractivity contribution in [1.29, 1.82) is 0 Å². The number of nitrogens with two attached hydrogens (primary N) is 1. The average molecular weight is 346 g/mol. The Morgan fingerprint density at radius 3 is 2.28 bits per heavy atom. The van der Waals surface area contributed by atoms with Gasteiger partial charge in [0.2, 0.25) is 5.91 Å². The molecule has 2 rings (SSSR count). The third kappa shape index (κ3) is 6.12. The number of hydrogen-bond donors (Lipinski definition) is 1. The highest BCUT2D eigenvalue weighted by molar-refractivity contribution is 5.80. The standard InChI is InChI=1S/C21H35N3O/c1-3-5-12-23(13-6-4-2)14-9-15-24-17-19-11-8-7-10-18(19)16-20(24)21(22)25/h7-8,10-11,20H,3-6,9,12-17H2,1-2H3,(H2,22,25)/t20-/m1/s1. The highest BCUT2D eigenvalue weighted by Crippen LogP contribution is 2.23. The molecule has 4 nitrogen and oxygen atoms in total. The van der Waals surface area contributed by atoms with Crippen molar-refractivity contribution in [2.75, 3.05) is 26.2 Å². The predicted molar refractivity (Wildman–Crippen MR) is 104 cm³/mol. The van der Waals surface area contributed by atoms with Crippen LogP contribution in [0.2, 0.25) is 0 Å². The third-order valence-corrected chi connectivity index (χ3v) is 5.25. The van der Waals surface area contributed by atoms with Crippen molar-refractivity contribution in [3.8, 4) is 0 Å². The van der Waals surface area contributed by atoms with Gasteiger partial charge in [-0.25, -0.2) is 0 Å². The lowest BCUT2D eigenvalue weighted by molar-refractivity contribution is -0.123. The van der Waals surface area contributed by atoms with Crippen LogP contribution in [0, 0.1) is 0 Å². The SMILES string of the molecule is CCCCN(CCCC)CCCN1Cc2ccccc2C[C@@H]1C(N)=O. The van der Waals surface area contributed by atoms with Crippen molar-refractivity contribution in [1.82, 2.24) is 9.80 Å². The Kier molecular flexibility index (Phi) is 8.42. The molecule has 140 valence electrons. The molecule has 0 aliphatic carbocycles. The molecular weight excluding hydrogens is 310 g/mol. The van der Waals surface area contributed by atoms with Crippen LogP contribution in [0.3, 0.4) is 0 Å². The number of carbonyl (C=O) groups excluding carboxylic acids is 1. The van der Waals surface area contributed by atoms with Crippen molar-refractivity contribution in [3.05, 3.63) is 35.4 Å². The van der Waals surface area contributed by atoms with Crippen LogP contribution in [0.5, 0.6) is 0 Å². The van der Waals surface area contributed by atoms with Crippen molar-refractivity contribution in [2.24, 2.45) is 5.73 Å². The van der Waals surface area contributed by atoms with Crippen molar-refractivity contribution >= 4 is 5.91 Å². The molecule has 1 heterocycles. The number of fused-ring (bicyclic) bond motifs is 1. The molecule has 1 amide bonds. The van der Waals surface area contributed by atoms with E-state index in [2.05, 4.69) is 41.8 Å². The van der Waals surface area contributed by atoms with Gasteiger partial charge in [0.15, 0.2) is 0 Å². The average Bonchev–Trinajstić information content (AvgIpc) is 2.62. The Labute approximate surface area is 153 Å². The molecule has 4 heteroatoms. The van der Waals surface area contributed by atoms with Crippen LogP contribution >= 0.6 is 0 Å². The maximum atomic E-state index is 11.9. The van der Waals surface area contributed by atoms with E-state index in [0.29, 0.717) is 0 Å². The Morgan fingerprint density at radius 1 is 1.08 bits per heavy atom. The van der Waals surface area contributed by atoms with E-state index in [9.17, 15) is 4.79 Å². The number of carbonyl (C=O) groups is 1. The highest BCUT2D eigenvalue weighted by atomic mass is 16.1. The number of nitrogens with zero attached hydrogens (tertiary/aromatic N) is 2. The van der Waals surface area contributed by atoms with Crippen molar-refractivity contribution in [2.45, 2.75) is 65.0 Å². The monoisotopic (exact) mass is 345 g/mol. The van der Waals surface area contributed by atoms with Gasteiger partial charge in [-0.1, -0.05) is 51.0 Å². The highest BCUT2D eigenvalue weighted by Gasteiger charge is 2.29. The van der Waals surface area contributed by atoms with E-state index in [-0.39, 0.29) is 11.9 Å². The summed E-state index contributed by atoms with van der Waals surface area (Å²) in [6.07, 6.45) is 6.88. The summed E-state index contributed by atoms with van der Waals surface area (Å²) in [6, 6.07) is 8.27. The normalized spacial score (nSPS) is 17.6. The zero-order valence-electron chi connectivity index (χ0n) is 16.0. The number of amides is 1. The first-order valence-electron chi connectivity index (χ1n) is 9.98. The summed E-state index contributed by atoms with van der Waals surface area (Å²) in [5.74, 6) is -0.191. The number of hydrogen-bond acceptors (Lipinski definition) is 3. The van der Waals surface area contributed by atoms with E-state index >= 15 is 0 Å². The van der Waals surface area contributed by atoms with Gasteiger partial charge in [0, 0.05) is 13.1 Å². The van der Waals surface area contributed by atoms with Gasteiger partial charge in [0.25, 0.3) is 0 Å². The zero-order chi connectivity index (χ0) is 18.1. The Balaban J connectivity index is 1.89. The summed E-state index contributed by atoms with van der Waals surface area (Å²) in [5.41, 5.74) is 8.30. The van der Waals surface area contributed by atoms with Crippen molar-refractivity contribution in [3.63, 3.8) is 0 Å². The molecule has 2 N–H and O–H groups in total. The molecule has 0 radical (unpaired) electrons. The van der Waals surface area contributed by atoms with Gasteiger partial charge >= 0.3 is 0 Å². The number of primary amides is 1. The fourth-order valence-corrected chi connectivity index (χ4v) is 3.69. The second-order valence-electron chi connectivity index (χ2n) is 7.26. The number of unbranched alkanes of at least 4 members (excludes halogenated alkanes) is 2. The molecule has 1 aromatic carbocycles. The van der Waals surface area contributed by atoms with Gasteiger partial charge in [-0.15, -0.1) is 0 Å². The molecular formula is C21H35N3O. The van der Waals surface area contributed by atoms with Crippen LogP contribution in [0.15, 0.2) is 24.3 Å². The van der Waals surface area contributed by atoms with E-state index in [1.165, 1.54) is 49.9 Å². The van der Waals surface area contributed by atoms with Crippen LogP contribution in [0.1, 0.15) is 57.1 Å². The zero-order valence-corrected chi connectivity index (χ0v) is 16.0.